The Labute approximate surface area is 839 Å². The second-order valence-electron chi connectivity index (χ2n) is 33.9. The van der Waals surface area contributed by atoms with Crippen molar-refractivity contribution in [3.63, 3.8) is 0 Å². The summed E-state index contributed by atoms with van der Waals surface area (Å²) in [6.45, 7) is 39.8. The van der Waals surface area contributed by atoms with Crippen LogP contribution in [0.3, 0.4) is 0 Å². The number of hydrogen-bond donors (Lipinski definition) is 7. The first-order chi connectivity index (χ1) is 65.3. The number of benzene rings is 10. The number of alkyl halides is 3. The van der Waals surface area contributed by atoms with Crippen LogP contribution in [0.5, 0.6) is 63.2 Å². The van der Waals surface area contributed by atoms with Crippen LogP contribution in [0, 0.1) is 19.0 Å². The van der Waals surface area contributed by atoms with Crippen LogP contribution >= 0.6 is 47.2 Å². The van der Waals surface area contributed by atoms with Crippen molar-refractivity contribution in [3.05, 3.63) is 270 Å². The second-order valence-corrected chi connectivity index (χ2v) is 36.7. The number of carbonyl (C=O) groups excluding carboxylic acids is 3. The van der Waals surface area contributed by atoms with Gasteiger partial charge in [0.05, 0.1) is 128 Å². The molecule has 141 heavy (non-hydrogen) atoms. The highest BCUT2D eigenvalue weighted by Crippen LogP contribution is 2.45. The molecular weight excluding hydrogens is 1940 g/mol. The molecule has 0 atom stereocenters. The van der Waals surface area contributed by atoms with Gasteiger partial charge in [-0.05, 0) is 266 Å². The van der Waals surface area contributed by atoms with Gasteiger partial charge >= 0.3 is 65.2 Å². The highest BCUT2D eigenvalue weighted by Gasteiger charge is 2.64. The molecule has 0 unspecified atom stereocenters. The Kier molecular flexibility index (Phi) is 41.8. The number of fused-ring (bicyclic) bond motifs is 4. The Hall–Kier alpha value is -10.9. The maximum Gasteiger partial charge on any atom is 0.534 e. The predicted octanol–water partition coefficient (Wildman–Crippen LogP) is 15.3. The molecule has 3 saturated heterocycles. The van der Waals surface area contributed by atoms with Gasteiger partial charge < -0.3 is 115 Å². The first kappa shape index (κ1) is 117. The molecule has 17 rings (SSSR count). The SMILES string of the molecule is C.CC1(C)OB(B2OC(C)(C)C(C)(C)O2)OC1(C)C.COc1ccc(C=O)c(B2OC(C)(C)C(C)(C)O2)c1.COc1ccc(C=O)c(O)c1.COc1ccc(C=O)c(OS(=O)(=O)C(F)(F)F)c1.COc1ccc2c(c1)B(O)OC2.Cl.NCc1ccc(Oc2ccc3c(c2)B(O)OC3)c(Cl)c1.OB1OCc2ccc(O)cc21.[C-]#[N+]c1ccc(F)c(Cl)c1.[C-]#[N+]c1ccc(Oc2ccc3c(c2)B(O)OC3)c(Cl)c1. The zero-order valence-corrected chi connectivity index (χ0v) is 82.6. The molecule has 0 bridgehead atoms. The molecule has 0 spiro atoms. The van der Waals surface area contributed by atoms with E-state index in [-0.39, 0.29) is 81.9 Å². The van der Waals surface area contributed by atoms with E-state index in [9.17, 15) is 60.5 Å². The van der Waals surface area contributed by atoms with Gasteiger partial charge in [0.2, 0.25) is 0 Å². The standard InChI is InChI=1S/C14H9BClNO3.C14H13BClNO3.C14H19BO4.C12H24B2O4.C9H7F3O5S.C8H9BO3.C8H8O3.C7H7BO3.C7H3ClFN.CH4.ClH/c1-17-10-3-5-14(13(16)6-10)20-11-4-2-9-8-19-15(18)12(9)7-11;16-13-5-9(7-17)1-4-14(13)20-11-3-2-10-8-19-15(18)12(10)6-11;1-13(2)14(3,4)19-15(18-13)12-8-11(17-5)7-6-10(12)9-16;1-9(2)10(3,4)16-13(15-9)14-17-11(5,6)12(7,8)18-14;1-16-7-3-2-6(5-13)8(4-7)17-18(14,15)9(10,11)12;1-11-7-3-2-6-5-12-9(10)8(6)4-7;1-11-7-3-2-6(5-9)8(10)4-7;9-6-2-1-5-4-11-8(10)7(5)3-6;1-10-5-2-3-7(9)6(8)4-5;;/h2-7,18H,8H2;1-6,18H,7-8,17H2;6-9H,1-5H3;1-8H3;2-5H,1H3;2-4,10H,5H2,1H3;2-5,10H,1H3;1-3,9-10H,4H2;2-4H;1H4;1H. The van der Waals surface area contributed by atoms with Crippen LogP contribution in [0.1, 0.15) is 149 Å². The van der Waals surface area contributed by atoms with Crippen LogP contribution < -0.4 is 65.7 Å². The summed E-state index contributed by atoms with van der Waals surface area (Å²) in [7, 11) is -4.87. The molecule has 47 heteroatoms. The first-order valence-electron chi connectivity index (χ1n) is 42.3. The summed E-state index contributed by atoms with van der Waals surface area (Å²) >= 11 is 17.6. The molecule has 7 aliphatic rings. The highest BCUT2D eigenvalue weighted by molar-refractivity contribution is 7.88. The maximum absolute atomic E-state index is 12.4. The molecule has 0 saturated carbocycles. The smallest absolute Gasteiger partial charge is 0.508 e. The fraction of sp³-hybridized carbons (Fsp3) is 0.309. The summed E-state index contributed by atoms with van der Waals surface area (Å²) < 4.78 is 161. The molecule has 31 nitrogen and oxygen atoms in total. The van der Waals surface area contributed by atoms with E-state index in [0.717, 1.165) is 62.9 Å². The Balaban J connectivity index is 0.000000217. The van der Waals surface area contributed by atoms with Gasteiger partial charge in [0.15, 0.2) is 29.7 Å². The lowest BCUT2D eigenvalue weighted by Gasteiger charge is -2.32. The predicted molar refractivity (Wildman–Crippen MR) is 533 cm³/mol. The van der Waals surface area contributed by atoms with E-state index in [1.807, 2.05) is 119 Å². The van der Waals surface area contributed by atoms with E-state index in [1.165, 1.54) is 56.7 Å². The van der Waals surface area contributed by atoms with E-state index >= 15 is 0 Å². The minimum absolute atomic E-state index is 0. The largest absolute Gasteiger partial charge is 0.534 e. The van der Waals surface area contributed by atoms with Gasteiger partial charge in [-0.3, -0.25) is 14.4 Å². The molecule has 0 aromatic heterocycles. The number of hydrogen-bond acceptors (Lipinski definition) is 29. The zero-order chi connectivity index (χ0) is 103. The summed E-state index contributed by atoms with van der Waals surface area (Å²) in [5.41, 5.74) is 7.43. The fourth-order valence-electron chi connectivity index (χ4n) is 12.9. The number of aromatic hydroxyl groups is 2. The molecule has 746 valence electrons. The normalized spacial score (nSPS) is 15.9. The molecule has 10 aromatic rings. The monoisotopic (exact) mass is 2050 g/mol. The van der Waals surface area contributed by atoms with Crippen LogP contribution in [0.15, 0.2) is 182 Å². The van der Waals surface area contributed by atoms with Crippen molar-refractivity contribution in [3.8, 4) is 63.2 Å². The van der Waals surface area contributed by atoms with Crippen molar-refractivity contribution in [2.45, 2.75) is 163 Å². The van der Waals surface area contributed by atoms with Gasteiger partial charge in [0.1, 0.15) is 69.6 Å². The van der Waals surface area contributed by atoms with E-state index < -0.39 is 88.0 Å². The average molecular weight is 2050 g/mol. The van der Waals surface area contributed by atoms with Crippen molar-refractivity contribution < 1.29 is 150 Å². The van der Waals surface area contributed by atoms with Crippen LogP contribution in [0.25, 0.3) is 9.69 Å². The van der Waals surface area contributed by atoms with Crippen LogP contribution in [0.4, 0.5) is 28.9 Å². The number of rotatable bonds is 16. The topological polar surface area (TPSA) is 398 Å². The lowest BCUT2D eigenvalue weighted by atomic mass is 9.49. The molecule has 3 fully saturated rings. The number of ether oxygens (including phenoxy) is 6. The molecule has 7 heterocycles. The van der Waals surface area contributed by atoms with E-state index in [2.05, 4.69) is 18.6 Å². The average Bonchev–Trinajstić information content (AvgIpc) is 1.59. The maximum atomic E-state index is 12.4. The fourth-order valence-corrected chi connectivity index (χ4v) is 14.0. The number of nitrogens with zero attached hydrogens (tertiary/aromatic N) is 2. The Morgan fingerprint density at radius 2 is 0.759 bits per heavy atom. The zero-order valence-electron chi connectivity index (χ0n) is 78.7. The molecule has 0 aliphatic carbocycles. The van der Waals surface area contributed by atoms with Crippen molar-refractivity contribution in [2.75, 3.05) is 28.4 Å². The minimum atomic E-state index is -5.82. The van der Waals surface area contributed by atoms with Crippen LogP contribution in [-0.2, 0) is 89.6 Å². The number of carbonyl (C=O) groups is 3. The summed E-state index contributed by atoms with van der Waals surface area (Å²) in [5.74, 6) is 3.06. The highest BCUT2D eigenvalue weighted by atomic mass is 35.5. The molecule has 10 aromatic carbocycles. The first-order valence-corrected chi connectivity index (χ1v) is 44.8. The van der Waals surface area contributed by atoms with Crippen molar-refractivity contribution >= 4 is 164 Å². The number of phenols is 2. The van der Waals surface area contributed by atoms with E-state index in [0.29, 0.717) is 117 Å². The van der Waals surface area contributed by atoms with Crippen molar-refractivity contribution in [1.82, 2.24) is 0 Å². The summed E-state index contributed by atoms with van der Waals surface area (Å²) in [6, 6.07) is 48.4. The minimum Gasteiger partial charge on any atom is -0.508 e. The molecule has 7 aliphatic heterocycles. The quantitative estimate of drug-likeness (QED) is 0.0118. The van der Waals surface area contributed by atoms with E-state index in [1.54, 1.807) is 105 Å². The number of halogens is 8. The molecule has 8 N–H and O–H groups in total. The third kappa shape index (κ3) is 30.3. The van der Waals surface area contributed by atoms with E-state index in [4.69, 9.17) is 134 Å². The van der Waals surface area contributed by atoms with Gasteiger partial charge in [-0.1, -0.05) is 84.7 Å². The van der Waals surface area contributed by atoms with Gasteiger partial charge in [0.25, 0.3) is 0 Å². The third-order valence-electron chi connectivity index (χ3n) is 23.0. The lowest BCUT2D eigenvalue weighted by Crippen LogP contribution is -2.41. The number of aldehydes is 3. The van der Waals surface area contributed by atoms with Gasteiger partial charge in [-0.2, -0.15) is 21.6 Å². The summed E-state index contributed by atoms with van der Waals surface area (Å²) in [4.78, 5) is 38.3. The van der Waals surface area contributed by atoms with Crippen molar-refractivity contribution in [2.24, 2.45) is 5.73 Å². The van der Waals surface area contributed by atoms with Crippen molar-refractivity contribution in [1.29, 1.82) is 0 Å². The van der Waals surface area contributed by atoms with Gasteiger partial charge in [-0.15, -0.1) is 12.4 Å². The third-order valence-corrected chi connectivity index (χ3v) is 24.9. The number of methoxy groups -OCH3 is 4. The summed E-state index contributed by atoms with van der Waals surface area (Å²) in [5, 5.41) is 56.9. The van der Waals surface area contributed by atoms with Gasteiger partial charge in [-0.25, -0.2) is 14.1 Å². The number of nitrogens with two attached hydrogens (primary N) is 1. The van der Waals surface area contributed by atoms with Crippen LogP contribution in [0.2, 0.25) is 15.1 Å². The molecule has 0 amide bonds. The van der Waals surface area contributed by atoms with Gasteiger partial charge in [0, 0.05) is 24.2 Å². The molecule has 0 radical (unpaired) electrons. The Bertz CT molecular complexity index is 6150. The summed E-state index contributed by atoms with van der Waals surface area (Å²) in [6.07, 6.45) is 1.56. The second kappa shape index (κ2) is 50.3. The van der Waals surface area contributed by atoms with Crippen LogP contribution in [-0.4, -0.2) is 175 Å². The molecular formula is C94H104B7Cl4F4N3O28S. The lowest BCUT2D eigenvalue weighted by molar-refractivity contribution is -0.0500. The Morgan fingerprint density at radius 3 is 1.13 bits per heavy atom. The Morgan fingerprint density at radius 1 is 0.426 bits per heavy atom. The number of phenolic OH excluding ortho intramolecular Hbond substituents is 2.